The van der Waals surface area contributed by atoms with E-state index in [4.69, 9.17) is 21.1 Å². The predicted octanol–water partition coefficient (Wildman–Crippen LogP) is 5.10. The molecule has 9 heteroatoms. The summed E-state index contributed by atoms with van der Waals surface area (Å²) in [5.41, 5.74) is 9.09. The summed E-state index contributed by atoms with van der Waals surface area (Å²) in [4.78, 5) is 17.5. The molecular formula is C25H27ClN6O2. The highest BCUT2D eigenvalue weighted by molar-refractivity contribution is 6.33. The van der Waals surface area contributed by atoms with Crippen LogP contribution in [0.15, 0.2) is 55.2 Å². The van der Waals surface area contributed by atoms with Gasteiger partial charge in [-0.15, -0.1) is 0 Å². The minimum absolute atomic E-state index is 0.250. The van der Waals surface area contributed by atoms with Crippen LogP contribution in [-0.4, -0.2) is 37.2 Å². The lowest BCUT2D eigenvalue weighted by molar-refractivity contribution is -0.106. The molecule has 0 saturated heterocycles. The number of nitrogens with one attached hydrogen (secondary N) is 1. The lowest BCUT2D eigenvalue weighted by Gasteiger charge is -2.22. The number of aromatic nitrogens is 5. The van der Waals surface area contributed by atoms with Crippen LogP contribution >= 0.6 is 11.6 Å². The van der Waals surface area contributed by atoms with E-state index in [9.17, 15) is 0 Å². The van der Waals surface area contributed by atoms with Crippen molar-refractivity contribution in [1.29, 1.82) is 0 Å². The Morgan fingerprint density at radius 1 is 1.12 bits per heavy atom. The van der Waals surface area contributed by atoms with Crippen LogP contribution in [0.4, 0.5) is 0 Å². The van der Waals surface area contributed by atoms with Crippen molar-refractivity contribution in [2.24, 2.45) is 5.73 Å². The molecule has 3 N–H and O–H groups in total. The number of H-pyrrole nitrogens is 1. The molecule has 5 rings (SSSR count). The average Bonchev–Trinajstić information content (AvgIpc) is 3.52. The quantitative estimate of drug-likeness (QED) is 0.387. The van der Waals surface area contributed by atoms with Crippen molar-refractivity contribution in [2.45, 2.75) is 45.1 Å². The first-order valence-electron chi connectivity index (χ1n) is 11.2. The Morgan fingerprint density at radius 2 is 1.85 bits per heavy atom. The number of benzene rings is 1. The van der Waals surface area contributed by atoms with Gasteiger partial charge in [-0.2, -0.15) is 5.10 Å². The van der Waals surface area contributed by atoms with Gasteiger partial charge in [-0.05, 0) is 44.2 Å². The Morgan fingerprint density at radius 3 is 2.56 bits per heavy atom. The molecule has 0 aliphatic heterocycles. The first-order chi connectivity index (χ1) is 16.6. The van der Waals surface area contributed by atoms with Crippen LogP contribution in [0.3, 0.4) is 0 Å². The van der Waals surface area contributed by atoms with Gasteiger partial charge in [0.2, 0.25) is 12.3 Å². The number of pyridine rings is 1. The molecule has 1 aliphatic rings. The highest BCUT2D eigenvalue weighted by Gasteiger charge is 2.19. The summed E-state index contributed by atoms with van der Waals surface area (Å²) < 4.78 is 8.30. The van der Waals surface area contributed by atoms with E-state index in [2.05, 4.69) is 43.6 Å². The second kappa shape index (κ2) is 11.0. The predicted molar refractivity (Wildman–Crippen MR) is 132 cm³/mol. The highest BCUT2D eigenvalue weighted by Crippen LogP contribution is 2.37. The van der Waals surface area contributed by atoms with Gasteiger partial charge in [0, 0.05) is 46.4 Å². The molecule has 0 bridgehead atoms. The summed E-state index contributed by atoms with van der Waals surface area (Å²) in [5.74, 6) is 1.36. The molecule has 0 radical (unpaired) electrons. The van der Waals surface area contributed by atoms with Crippen molar-refractivity contribution in [3.05, 3.63) is 65.8 Å². The lowest BCUT2D eigenvalue weighted by atomic mass is 9.98. The van der Waals surface area contributed by atoms with Crippen molar-refractivity contribution >= 4 is 18.0 Å². The van der Waals surface area contributed by atoms with E-state index < -0.39 is 0 Å². The van der Waals surface area contributed by atoms with E-state index in [0.29, 0.717) is 16.7 Å². The Kier molecular flexibility index (Phi) is 7.59. The van der Waals surface area contributed by atoms with Crippen molar-refractivity contribution in [3.8, 4) is 34.1 Å². The van der Waals surface area contributed by atoms with Gasteiger partial charge in [0.1, 0.15) is 12.4 Å². The molecular weight excluding hydrogens is 452 g/mol. The maximum atomic E-state index is 8.58. The summed E-state index contributed by atoms with van der Waals surface area (Å²) >= 11 is 6.53. The number of carbonyl (C=O) groups excluding carboxylic acids is 1. The molecule has 4 aromatic rings. The second-order valence-electron chi connectivity index (χ2n) is 8.13. The Hall–Kier alpha value is -3.65. The second-order valence-corrected chi connectivity index (χ2v) is 8.54. The maximum absolute atomic E-state index is 8.58. The van der Waals surface area contributed by atoms with Crippen LogP contribution in [0, 0.1) is 6.92 Å². The molecule has 34 heavy (non-hydrogen) atoms. The van der Waals surface area contributed by atoms with E-state index in [1.807, 2.05) is 42.7 Å². The molecule has 0 unspecified atom stereocenters. The topological polar surface area (TPSA) is 112 Å². The molecule has 1 saturated carbocycles. The number of amides is 1. The summed E-state index contributed by atoms with van der Waals surface area (Å²) in [7, 11) is 0. The largest absolute Gasteiger partial charge is 0.474 e. The number of halogens is 1. The van der Waals surface area contributed by atoms with E-state index in [0.717, 1.165) is 40.8 Å². The molecule has 0 atom stereocenters. The molecule has 3 heterocycles. The van der Waals surface area contributed by atoms with Crippen LogP contribution < -0.4 is 10.5 Å². The number of hydrogen-bond acceptors (Lipinski definition) is 5. The minimum atomic E-state index is 0.250. The molecule has 176 valence electrons. The van der Waals surface area contributed by atoms with E-state index in [1.165, 1.54) is 25.6 Å². The third-order valence-corrected chi connectivity index (χ3v) is 6.16. The molecule has 8 nitrogen and oxygen atoms in total. The Labute approximate surface area is 203 Å². The number of carbonyl (C=O) groups is 1. The summed E-state index contributed by atoms with van der Waals surface area (Å²) in [6.45, 7) is 2.05. The number of nitrogens with two attached hydrogens (primary N) is 1. The third-order valence-electron chi connectivity index (χ3n) is 5.83. The molecule has 1 amide bonds. The number of ether oxygens (including phenoxy) is 1. The monoisotopic (exact) mass is 478 g/mol. The van der Waals surface area contributed by atoms with Crippen molar-refractivity contribution in [1.82, 2.24) is 24.7 Å². The lowest BCUT2D eigenvalue weighted by Crippen LogP contribution is -2.20. The van der Waals surface area contributed by atoms with Crippen molar-refractivity contribution in [2.75, 3.05) is 0 Å². The van der Waals surface area contributed by atoms with Crippen molar-refractivity contribution in [3.63, 3.8) is 0 Å². The number of hydrogen-bond donors (Lipinski definition) is 2. The van der Waals surface area contributed by atoms with E-state index in [-0.39, 0.29) is 12.5 Å². The molecule has 1 aliphatic carbocycles. The normalized spacial score (nSPS) is 13.7. The van der Waals surface area contributed by atoms with Crippen LogP contribution in [0.2, 0.25) is 5.02 Å². The van der Waals surface area contributed by atoms with Gasteiger partial charge < -0.3 is 15.0 Å². The Balaban J connectivity index is 0.000000868. The third kappa shape index (κ3) is 5.28. The van der Waals surface area contributed by atoms with Crippen LogP contribution in [0.1, 0.15) is 37.7 Å². The summed E-state index contributed by atoms with van der Waals surface area (Å²) in [5, 5.41) is 7.69. The number of rotatable bonds is 5. The number of aryl methyl sites for hydroxylation is 1. The van der Waals surface area contributed by atoms with Gasteiger partial charge in [-0.3, -0.25) is 9.89 Å². The number of nitrogens with zero attached hydrogens (tertiary/aromatic N) is 4. The fourth-order valence-electron chi connectivity index (χ4n) is 4.20. The van der Waals surface area contributed by atoms with Gasteiger partial charge >= 0.3 is 0 Å². The zero-order chi connectivity index (χ0) is 23.9. The van der Waals surface area contributed by atoms with E-state index in [1.54, 1.807) is 0 Å². The van der Waals surface area contributed by atoms with Gasteiger partial charge in [-0.25, -0.2) is 9.97 Å². The van der Waals surface area contributed by atoms with Gasteiger partial charge in [0.05, 0.1) is 5.69 Å². The fraction of sp³-hybridized carbons (Fsp3) is 0.280. The van der Waals surface area contributed by atoms with Gasteiger partial charge in [-0.1, -0.05) is 36.2 Å². The zero-order valence-corrected chi connectivity index (χ0v) is 19.7. The van der Waals surface area contributed by atoms with E-state index >= 15 is 0 Å². The first kappa shape index (κ1) is 23.5. The van der Waals surface area contributed by atoms with Gasteiger partial charge in [0.25, 0.3) is 0 Å². The SMILES string of the molecule is Cc1cnc(OC2CCCCC2)cc1-n1cc(-c2ncn[nH]2)c(-c2ccccc2Cl)c1.NC=O. The summed E-state index contributed by atoms with van der Waals surface area (Å²) in [6.07, 6.45) is 14.0. The first-order valence-corrected chi connectivity index (χ1v) is 11.6. The maximum Gasteiger partial charge on any atom is 0.215 e. The standard InChI is InChI=1S/C24H24ClN5O.CH3NO/c1-16-12-26-23(31-17-7-3-2-4-8-17)11-22(16)30-13-19(18-9-5-6-10-21(18)25)20(14-30)24-27-15-28-29-24;2-1-3/h5-6,9-15,17H,2-4,7-8H2,1H3,(H,27,28,29);1H,(H2,2,3). The minimum Gasteiger partial charge on any atom is -0.474 e. The Bertz CT molecular complexity index is 1230. The molecule has 1 aromatic carbocycles. The number of primary amides is 1. The molecule has 1 fully saturated rings. The molecule has 0 spiro atoms. The van der Waals surface area contributed by atoms with Crippen LogP contribution in [0.25, 0.3) is 28.2 Å². The van der Waals surface area contributed by atoms with Crippen molar-refractivity contribution < 1.29 is 9.53 Å². The fourth-order valence-corrected chi connectivity index (χ4v) is 4.44. The average molecular weight is 479 g/mol. The number of aromatic amines is 1. The smallest absolute Gasteiger partial charge is 0.215 e. The summed E-state index contributed by atoms with van der Waals surface area (Å²) in [6, 6.07) is 9.84. The highest BCUT2D eigenvalue weighted by atomic mass is 35.5. The molecule has 3 aromatic heterocycles. The van der Waals surface area contributed by atoms with Gasteiger partial charge in [0.15, 0.2) is 5.82 Å². The van der Waals surface area contributed by atoms with Crippen LogP contribution in [0.5, 0.6) is 5.88 Å². The zero-order valence-electron chi connectivity index (χ0n) is 18.9. The van der Waals surface area contributed by atoms with Crippen LogP contribution in [-0.2, 0) is 4.79 Å².